The average Bonchev–Trinajstić information content (AvgIpc) is 2.17. The van der Waals surface area contributed by atoms with Gasteiger partial charge >= 0.3 is 0 Å². The van der Waals surface area contributed by atoms with Crippen LogP contribution in [0.1, 0.15) is 12.0 Å². The number of hydrogen-bond donors (Lipinski definition) is 3. The number of rotatable bonds is 5. The lowest BCUT2D eigenvalue weighted by Gasteiger charge is -2.16. The van der Waals surface area contributed by atoms with Crippen LogP contribution in [0.2, 0.25) is 0 Å². The molecule has 3 nitrogen and oxygen atoms in total. The van der Waals surface area contributed by atoms with Crippen molar-refractivity contribution in [2.75, 3.05) is 7.05 Å². The second kappa shape index (κ2) is 5.75. The van der Waals surface area contributed by atoms with E-state index in [1.807, 2.05) is 37.4 Å². The van der Waals surface area contributed by atoms with Crippen LogP contribution in [-0.4, -0.2) is 29.6 Å². The summed E-state index contributed by atoms with van der Waals surface area (Å²) in [5, 5.41) is 20.8. The molecule has 0 aromatic heterocycles. The average molecular weight is 195 g/mol. The normalized spacial score (nSPS) is 13.1. The second-order valence-electron chi connectivity index (χ2n) is 3.39. The molecule has 1 unspecified atom stereocenters. The van der Waals surface area contributed by atoms with E-state index in [9.17, 15) is 0 Å². The Kier molecular flexibility index (Phi) is 4.59. The summed E-state index contributed by atoms with van der Waals surface area (Å²) in [6.45, 7) is 0. The summed E-state index contributed by atoms with van der Waals surface area (Å²) in [6, 6.07) is 10.1. The Bertz CT molecular complexity index is 249. The van der Waals surface area contributed by atoms with Gasteiger partial charge in [0.1, 0.15) is 0 Å². The fourth-order valence-corrected chi connectivity index (χ4v) is 1.46. The quantitative estimate of drug-likeness (QED) is 0.600. The minimum absolute atomic E-state index is 0.109. The maximum absolute atomic E-state index is 8.85. The van der Waals surface area contributed by atoms with Gasteiger partial charge in [0.2, 0.25) is 0 Å². The Balaban J connectivity index is 2.48. The fourth-order valence-electron chi connectivity index (χ4n) is 1.46. The van der Waals surface area contributed by atoms with Crippen LogP contribution < -0.4 is 5.32 Å². The van der Waals surface area contributed by atoms with Crippen molar-refractivity contribution in [1.82, 2.24) is 5.32 Å². The predicted octanol–water partition coefficient (Wildman–Crippen LogP) is 0.518. The molecule has 0 aliphatic rings. The van der Waals surface area contributed by atoms with Gasteiger partial charge in [-0.25, -0.2) is 0 Å². The van der Waals surface area contributed by atoms with Gasteiger partial charge in [-0.05, 0) is 19.0 Å². The zero-order valence-corrected chi connectivity index (χ0v) is 8.35. The van der Waals surface area contributed by atoms with E-state index in [1.54, 1.807) is 0 Å². The standard InChI is InChI=1S/C11H17NO2/c1-12-10(8-11(13)14)7-9-5-3-2-4-6-9/h2-6,10-14H,7-8H2,1H3. The molecule has 0 fully saturated rings. The molecule has 78 valence electrons. The topological polar surface area (TPSA) is 52.5 Å². The summed E-state index contributed by atoms with van der Waals surface area (Å²) in [4.78, 5) is 0. The van der Waals surface area contributed by atoms with E-state index in [4.69, 9.17) is 10.2 Å². The predicted molar refractivity (Wildman–Crippen MR) is 55.8 cm³/mol. The van der Waals surface area contributed by atoms with Crippen molar-refractivity contribution in [3.8, 4) is 0 Å². The summed E-state index contributed by atoms with van der Waals surface area (Å²) in [7, 11) is 1.83. The van der Waals surface area contributed by atoms with Gasteiger partial charge in [-0.3, -0.25) is 0 Å². The summed E-state index contributed by atoms with van der Waals surface area (Å²) in [6.07, 6.45) is -0.0726. The van der Waals surface area contributed by atoms with Gasteiger partial charge in [0.05, 0.1) is 0 Å². The molecular formula is C11H17NO2. The van der Waals surface area contributed by atoms with Gasteiger partial charge in [0, 0.05) is 12.5 Å². The van der Waals surface area contributed by atoms with Crippen molar-refractivity contribution in [2.24, 2.45) is 0 Å². The Morgan fingerprint density at radius 3 is 2.36 bits per heavy atom. The zero-order valence-electron chi connectivity index (χ0n) is 8.35. The number of likely N-dealkylation sites (N-methyl/N-ethyl adjacent to an activating group) is 1. The molecule has 0 spiro atoms. The first kappa shape index (κ1) is 11.2. The minimum atomic E-state index is -1.24. The van der Waals surface area contributed by atoms with Crippen molar-refractivity contribution in [2.45, 2.75) is 25.2 Å². The molecule has 3 N–H and O–H groups in total. The van der Waals surface area contributed by atoms with Crippen LogP contribution in [0.4, 0.5) is 0 Å². The molecule has 0 saturated heterocycles. The molecule has 1 atom stereocenters. The SMILES string of the molecule is CNC(Cc1ccccc1)CC(O)O. The van der Waals surface area contributed by atoms with Crippen molar-refractivity contribution in [1.29, 1.82) is 0 Å². The highest BCUT2D eigenvalue weighted by atomic mass is 16.5. The van der Waals surface area contributed by atoms with E-state index in [0.717, 1.165) is 6.42 Å². The lowest BCUT2D eigenvalue weighted by atomic mass is 10.0. The van der Waals surface area contributed by atoms with Gasteiger partial charge in [-0.1, -0.05) is 30.3 Å². The third kappa shape index (κ3) is 3.87. The fraction of sp³-hybridized carbons (Fsp3) is 0.455. The monoisotopic (exact) mass is 195 g/mol. The number of benzene rings is 1. The van der Waals surface area contributed by atoms with Crippen LogP contribution >= 0.6 is 0 Å². The van der Waals surface area contributed by atoms with E-state index in [0.29, 0.717) is 6.42 Å². The first-order valence-corrected chi connectivity index (χ1v) is 4.79. The molecule has 14 heavy (non-hydrogen) atoms. The van der Waals surface area contributed by atoms with Gasteiger partial charge in [0.15, 0.2) is 6.29 Å². The molecule has 1 aromatic rings. The third-order valence-electron chi connectivity index (χ3n) is 2.23. The minimum Gasteiger partial charge on any atom is -0.368 e. The number of hydrogen-bond acceptors (Lipinski definition) is 3. The van der Waals surface area contributed by atoms with Crippen LogP contribution in [0, 0.1) is 0 Å². The molecule has 0 heterocycles. The first-order valence-electron chi connectivity index (χ1n) is 4.79. The van der Waals surface area contributed by atoms with Gasteiger partial charge in [-0.2, -0.15) is 0 Å². The van der Waals surface area contributed by atoms with Gasteiger partial charge in [-0.15, -0.1) is 0 Å². The highest BCUT2D eigenvalue weighted by Gasteiger charge is 2.10. The van der Waals surface area contributed by atoms with Gasteiger partial charge in [0.25, 0.3) is 0 Å². The van der Waals surface area contributed by atoms with E-state index in [-0.39, 0.29) is 6.04 Å². The lowest BCUT2D eigenvalue weighted by Crippen LogP contribution is -2.31. The second-order valence-corrected chi connectivity index (χ2v) is 3.39. The molecule has 0 aliphatic carbocycles. The Labute approximate surface area is 84.4 Å². The largest absolute Gasteiger partial charge is 0.368 e. The third-order valence-corrected chi connectivity index (χ3v) is 2.23. The Hall–Kier alpha value is -0.900. The molecule has 1 aromatic carbocycles. The van der Waals surface area contributed by atoms with Crippen molar-refractivity contribution in [3.63, 3.8) is 0 Å². The lowest BCUT2D eigenvalue weighted by molar-refractivity contribution is -0.0510. The van der Waals surface area contributed by atoms with Crippen molar-refractivity contribution < 1.29 is 10.2 Å². The van der Waals surface area contributed by atoms with E-state index >= 15 is 0 Å². The van der Waals surface area contributed by atoms with Gasteiger partial charge < -0.3 is 15.5 Å². The van der Waals surface area contributed by atoms with E-state index in [1.165, 1.54) is 5.56 Å². The molecule has 0 amide bonds. The summed E-state index contributed by atoms with van der Waals surface area (Å²) in [5.41, 5.74) is 1.20. The van der Waals surface area contributed by atoms with Crippen molar-refractivity contribution >= 4 is 0 Å². The number of aliphatic hydroxyl groups is 2. The molecule has 0 saturated carbocycles. The van der Waals surface area contributed by atoms with Crippen molar-refractivity contribution in [3.05, 3.63) is 35.9 Å². The van der Waals surface area contributed by atoms with Crippen LogP contribution in [0.3, 0.4) is 0 Å². The number of nitrogens with one attached hydrogen (secondary N) is 1. The Morgan fingerprint density at radius 2 is 1.86 bits per heavy atom. The molecule has 0 radical (unpaired) electrons. The molecular weight excluding hydrogens is 178 g/mol. The molecule has 0 bridgehead atoms. The summed E-state index contributed by atoms with van der Waals surface area (Å²) < 4.78 is 0. The van der Waals surface area contributed by atoms with E-state index in [2.05, 4.69) is 5.32 Å². The maximum atomic E-state index is 8.85. The number of aliphatic hydroxyl groups excluding tert-OH is 1. The highest BCUT2D eigenvalue weighted by molar-refractivity contribution is 5.15. The highest BCUT2D eigenvalue weighted by Crippen LogP contribution is 2.06. The Morgan fingerprint density at radius 1 is 1.21 bits per heavy atom. The van der Waals surface area contributed by atoms with Crippen LogP contribution in [-0.2, 0) is 6.42 Å². The van der Waals surface area contributed by atoms with E-state index < -0.39 is 6.29 Å². The van der Waals surface area contributed by atoms with Crippen LogP contribution in [0.25, 0.3) is 0 Å². The smallest absolute Gasteiger partial charge is 0.152 e. The molecule has 1 rings (SSSR count). The molecule has 0 aliphatic heterocycles. The van der Waals surface area contributed by atoms with Crippen LogP contribution in [0.15, 0.2) is 30.3 Å². The summed E-state index contributed by atoms with van der Waals surface area (Å²) >= 11 is 0. The van der Waals surface area contributed by atoms with Crippen LogP contribution in [0.5, 0.6) is 0 Å². The zero-order chi connectivity index (χ0) is 10.4. The summed E-state index contributed by atoms with van der Waals surface area (Å²) in [5.74, 6) is 0. The maximum Gasteiger partial charge on any atom is 0.152 e. The first-order chi connectivity index (χ1) is 6.72. The molecule has 3 heteroatoms.